The zero-order chi connectivity index (χ0) is 18.3. The summed E-state index contributed by atoms with van der Waals surface area (Å²) in [5, 5.41) is 3.33. The molecule has 0 fully saturated rings. The minimum absolute atomic E-state index is 0.0240. The first kappa shape index (κ1) is 19.5. The van der Waals surface area contributed by atoms with Gasteiger partial charge in [0.2, 0.25) is 5.91 Å². The second-order valence-electron chi connectivity index (χ2n) is 6.05. The van der Waals surface area contributed by atoms with Crippen LogP contribution < -0.4 is 5.32 Å². The van der Waals surface area contributed by atoms with Crippen LogP contribution in [0.15, 0.2) is 48.5 Å². The van der Waals surface area contributed by atoms with Gasteiger partial charge >= 0.3 is 0 Å². The first-order chi connectivity index (χ1) is 11.8. The lowest BCUT2D eigenvalue weighted by atomic mass is 10.1. The van der Waals surface area contributed by atoms with Crippen molar-refractivity contribution in [3.8, 4) is 0 Å². The maximum atomic E-state index is 12.1. The highest BCUT2D eigenvalue weighted by Gasteiger charge is 2.14. The molecule has 0 saturated carbocycles. The van der Waals surface area contributed by atoms with Crippen LogP contribution in [0, 0.1) is 6.92 Å². The van der Waals surface area contributed by atoms with Gasteiger partial charge in [0.05, 0.1) is 11.5 Å². The smallest absolute Gasteiger partial charge is 0.221 e. The van der Waals surface area contributed by atoms with Gasteiger partial charge in [0.25, 0.3) is 0 Å². The summed E-state index contributed by atoms with van der Waals surface area (Å²) in [6.45, 7) is 2.52. The number of benzene rings is 2. The van der Waals surface area contributed by atoms with Crippen LogP contribution >= 0.6 is 11.6 Å². The van der Waals surface area contributed by atoms with Gasteiger partial charge in [-0.2, -0.15) is 0 Å². The summed E-state index contributed by atoms with van der Waals surface area (Å²) in [5.74, 6) is -0.487. The molecule has 0 saturated heterocycles. The Balaban J connectivity index is 1.72. The maximum Gasteiger partial charge on any atom is 0.221 e. The predicted octanol–water partition coefficient (Wildman–Crippen LogP) is 3.31. The lowest BCUT2D eigenvalue weighted by Gasteiger charge is -2.07. The Bertz CT molecular complexity index is 800. The summed E-state index contributed by atoms with van der Waals surface area (Å²) in [6, 6.07) is 14.8. The van der Waals surface area contributed by atoms with Crippen LogP contribution in [-0.4, -0.2) is 26.6 Å². The fraction of sp³-hybridized carbons (Fsp3) is 0.316. The van der Waals surface area contributed by atoms with Crippen LogP contribution in [0.3, 0.4) is 0 Å². The molecule has 0 aromatic heterocycles. The van der Waals surface area contributed by atoms with Crippen LogP contribution in [0.5, 0.6) is 0 Å². The molecule has 0 aliphatic carbocycles. The molecule has 6 heteroatoms. The van der Waals surface area contributed by atoms with Gasteiger partial charge in [0.15, 0.2) is 9.84 Å². The van der Waals surface area contributed by atoms with Gasteiger partial charge in [0, 0.05) is 18.0 Å². The number of nitrogens with one attached hydrogen (secondary N) is 1. The van der Waals surface area contributed by atoms with E-state index >= 15 is 0 Å². The highest BCUT2D eigenvalue weighted by Crippen LogP contribution is 2.13. The van der Waals surface area contributed by atoms with Gasteiger partial charge in [-0.1, -0.05) is 53.6 Å². The van der Waals surface area contributed by atoms with Gasteiger partial charge in [0.1, 0.15) is 0 Å². The summed E-state index contributed by atoms with van der Waals surface area (Å²) in [7, 11) is -3.33. The number of hydrogen-bond acceptors (Lipinski definition) is 3. The average Bonchev–Trinajstić information content (AvgIpc) is 2.57. The van der Waals surface area contributed by atoms with Gasteiger partial charge in [-0.15, -0.1) is 0 Å². The Labute approximate surface area is 154 Å². The molecule has 0 radical (unpaired) electrons. The van der Waals surface area contributed by atoms with E-state index in [1.807, 2.05) is 31.2 Å². The number of carbonyl (C=O) groups is 1. The predicted molar refractivity (Wildman–Crippen MR) is 101 cm³/mol. The van der Waals surface area contributed by atoms with Gasteiger partial charge < -0.3 is 5.32 Å². The van der Waals surface area contributed by atoms with Crippen LogP contribution in [0.2, 0.25) is 5.02 Å². The molecule has 0 aliphatic rings. The SMILES string of the molecule is Cc1ccc(CCNC(=O)CCS(=O)(=O)Cc2ccc(Cl)cc2)cc1. The van der Waals surface area contributed by atoms with E-state index in [0.717, 1.165) is 12.0 Å². The molecule has 1 amide bonds. The molecule has 134 valence electrons. The summed E-state index contributed by atoms with van der Waals surface area (Å²) in [4.78, 5) is 11.8. The molecule has 0 unspecified atom stereocenters. The normalized spacial score (nSPS) is 11.3. The summed E-state index contributed by atoms with van der Waals surface area (Å²) >= 11 is 5.78. The third-order valence-electron chi connectivity index (χ3n) is 3.80. The average molecular weight is 380 g/mol. The summed E-state index contributed by atoms with van der Waals surface area (Å²) < 4.78 is 24.2. The van der Waals surface area contributed by atoms with Crippen molar-refractivity contribution in [2.75, 3.05) is 12.3 Å². The molecule has 0 heterocycles. The van der Waals surface area contributed by atoms with E-state index in [1.54, 1.807) is 24.3 Å². The first-order valence-electron chi connectivity index (χ1n) is 8.11. The van der Waals surface area contributed by atoms with E-state index in [2.05, 4.69) is 5.32 Å². The van der Waals surface area contributed by atoms with E-state index < -0.39 is 9.84 Å². The molecule has 0 spiro atoms. The van der Waals surface area contributed by atoms with Crippen molar-refractivity contribution in [3.05, 3.63) is 70.2 Å². The summed E-state index contributed by atoms with van der Waals surface area (Å²) in [6.07, 6.45) is 0.702. The monoisotopic (exact) mass is 379 g/mol. The minimum Gasteiger partial charge on any atom is -0.356 e. The fourth-order valence-corrected chi connectivity index (χ4v) is 3.81. The Hall–Kier alpha value is -1.85. The largest absolute Gasteiger partial charge is 0.356 e. The second kappa shape index (κ2) is 9.02. The molecule has 2 aromatic carbocycles. The molecule has 2 rings (SSSR count). The van der Waals surface area contributed by atoms with Crippen LogP contribution in [0.1, 0.15) is 23.1 Å². The van der Waals surface area contributed by atoms with E-state index in [4.69, 9.17) is 11.6 Å². The molecule has 4 nitrogen and oxygen atoms in total. The number of amides is 1. The van der Waals surface area contributed by atoms with Gasteiger partial charge in [-0.3, -0.25) is 4.79 Å². The zero-order valence-corrected chi connectivity index (χ0v) is 15.7. The van der Waals surface area contributed by atoms with Crippen molar-refractivity contribution in [1.82, 2.24) is 5.32 Å². The third kappa shape index (κ3) is 7.28. The van der Waals surface area contributed by atoms with Crippen LogP contribution in [-0.2, 0) is 26.8 Å². The number of aryl methyl sites for hydroxylation is 1. The Morgan fingerprint density at radius 3 is 2.24 bits per heavy atom. The Morgan fingerprint density at radius 2 is 1.60 bits per heavy atom. The third-order valence-corrected chi connectivity index (χ3v) is 5.65. The quantitative estimate of drug-likeness (QED) is 0.765. The number of carbonyl (C=O) groups excluding carboxylic acids is 1. The van der Waals surface area contributed by atoms with Crippen molar-refractivity contribution in [2.24, 2.45) is 0 Å². The molecular weight excluding hydrogens is 358 g/mol. The molecular formula is C19H22ClNO3S. The number of hydrogen-bond donors (Lipinski definition) is 1. The number of sulfone groups is 1. The van der Waals surface area contributed by atoms with Crippen molar-refractivity contribution >= 4 is 27.3 Å². The molecule has 0 bridgehead atoms. The van der Waals surface area contributed by atoms with Crippen LogP contribution in [0.4, 0.5) is 0 Å². The Kier molecular flexibility index (Phi) is 7.02. The number of halogens is 1. The van der Waals surface area contributed by atoms with Crippen molar-refractivity contribution in [2.45, 2.75) is 25.5 Å². The van der Waals surface area contributed by atoms with Crippen molar-refractivity contribution in [3.63, 3.8) is 0 Å². The summed E-state index contributed by atoms with van der Waals surface area (Å²) in [5.41, 5.74) is 3.00. The fourth-order valence-electron chi connectivity index (χ4n) is 2.34. The van der Waals surface area contributed by atoms with E-state index in [9.17, 15) is 13.2 Å². The molecule has 2 aromatic rings. The van der Waals surface area contributed by atoms with E-state index in [0.29, 0.717) is 17.1 Å². The van der Waals surface area contributed by atoms with Crippen molar-refractivity contribution < 1.29 is 13.2 Å². The van der Waals surface area contributed by atoms with E-state index in [-0.39, 0.29) is 23.8 Å². The molecule has 0 aliphatic heterocycles. The second-order valence-corrected chi connectivity index (χ2v) is 8.67. The topological polar surface area (TPSA) is 63.2 Å². The van der Waals surface area contributed by atoms with E-state index in [1.165, 1.54) is 5.56 Å². The molecule has 0 atom stereocenters. The maximum absolute atomic E-state index is 12.1. The van der Waals surface area contributed by atoms with Crippen LogP contribution in [0.25, 0.3) is 0 Å². The number of rotatable bonds is 8. The lowest BCUT2D eigenvalue weighted by molar-refractivity contribution is -0.120. The highest BCUT2D eigenvalue weighted by molar-refractivity contribution is 7.90. The lowest BCUT2D eigenvalue weighted by Crippen LogP contribution is -2.27. The molecule has 1 N–H and O–H groups in total. The highest BCUT2D eigenvalue weighted by atomic mass is 35.5. The standard InChI is InChI=1S/C19H22ClNO3S/c1-15-2-4-16(5-3-15)10-12-21-19(22)11-13-25(23,24)14-17-6-8-18(20)9-7-17/h2-9H,10-14H2,1H3,(H,21,22). The first-order valence-corrected chi connectivity index (χ1v) is 10.3. The zero-order valence-electron chi connectivity index (χ0n) is 14.2. The van der Waals surface area contributed by atoms with Crippen molar-refractivity contribution in [1.29, 1.82) is 0 Å². The van der Waals surface area contributed by atoms with Gasteiger partial charge in [-0.05, 0) is 36.6 Å². The minimum atomic E-state index is -3.33. The van der Waals surface area contributed by atoms with Gasteiger partial charge in [-0.25, -0.2) is 8.42 Å². The Morgan fingerprint density at radius 1 is 1.00 bits per heavy atom. The molecule has 25 heavy (non-hydrogen) atoms.